The van der Waals surface area contributed by atoms with Gasteiger partial charge >= 0.3 is 0 Å². The molecule has 0 bridgehead atoms. The zero-order valence-electron chi connectivity index (χ0n) is 28.0. The van der Waals surface area contributed by atoms with Crippen LogP contribution in [-0.2, 0) is 0 Å². The molecule has 9 rings (SSSR count). The van der Waals surface area contributed by atoms with Gasteiger partial charge in [-0.2, -0.15) is 0 Å². The molecule has 1 heterocycles. The van der Waals surface area contributed by atoms with E-state index in [0.29, 0.717) is 5.56 Å². The summed E-state index contributed by atoms with van der Waals surface area (Å²) in [5.74, 6) is 0. The predicted octanol–water partition coefficient (Wildman–Crippen LogP) is 12.5. The molecule has 0 aliphatic heterocycles. The lowest BCUT2D eigenvalue weighted by atomic mass is 9.84. The second-order valence-corrected chi connectivity index (χ2v) is 11.9. The van der Waals surface area contributed by atoms with Crippen molar-refractivity contribution < 1.29 is 6.85 Å². The minimum Gasteiger partial charge on any atom is -0.135 e. The van der Waals surface area contributed by atoms with Crippen LogP contribution in [0.25, 0.3) is 85.9 Å². The summed E-state index contributed by atoms with van der Waals surface area (Å²) >= 11 is 1.68. The van der Waals surface area contributed by atoms with E-state index in [0.717, 1.165) is 58.4 Å². The third-order valence-corrected chi connectivity index (χ3v) is 9.74. The van der Waals surface area contributed by atoms with Crippen molar-refractivity contribution >= 4 is 63.8 Å². The van der Waals surface area contributed by atoms with Crippen LogP contribution in [0.15, 0.2) is 158 Å². The summed E-state index contributed by atoms with van der Waals surface area (Å²) in [6, 6.07) is 43.1. The van der Waals surface area contributed by atoms with E-state index in [-0.39, 0.29) is 35.8 Å². The monoisotopic (exact) mass is 567 g/mol. The van der Waals surface area contributed by atoms with Gasteiger partial charge in [0.25, 0.3) is 0 Å². The molecule has 0 aliphatic carbocycles. The Labute approximate surface area is 261 Å². The molecule has 0 N–H and O–H groups in total. The highest BCUT2D eigenvalue weighted by molar-refractivity contribution is 7.26. The number of fused-ring (bicyclic) bond motifs is 6. The molecular weight excluding hydrogens is 537 g/mol. The van der Waals surface area contributed by atoms with E-state index < -0.39 is 0 Å². The Bertz CT molecular complexity index is 2710. The topological polar surface area (TPSA) is 0 Å². The first-order valence-electron chi connectivity index (χ1n) is 16.9. The minimum atomic E-state index is -0.388. The Morgan fingerprint density at radius 2 is 1.02 bits per heavy atom. The Morgan fingerprint density at radius 3 is 1.74 bits per heavy atom. The quantitative estimate of drug-likeness (QED) is 0.186. The molecule has 0 nitrogen and oxygen atoms in total. The largest absolute Gasteiger partial charge is 0.135 e. The van der Waals surface area contributed by atoms with Crippen molar-refractivity contribution in [3.8, 4) is 33.4 Å². The van der Waals surface area contributed by atoms with E-state index in [4.69, 9.17) is 6.85 Å². The summed E-state index contributed by atoms with van der Waals surface area (Å²) in [5, 5.41) is 8.89. The molecule has 9 aromatic rings. The fourth-order valence-electron chi connectivity index (χ4n) is 6.69. The lowest BCUT2D eigenvalue weighted by Crippen LogP contribution is -1.91. The van der Waals surface area contributed by atoms with Crippen LogP contribution in [-0.4, -0.2) is 0 Å². The lowest BCUT2D eigenvalue weighted by Gasteiger charge is -2.19. The van der Waals surface area contributed by atoms with Gasteiger partial charge in [-0.3, -0.25) is 0 Å². The third-order valence-electron chi connectivity index (χ3n) is 8.53. The minimum absolute atomic E-state index is 0.194. The van der Waals surface area contributed by atoms with Gasteiger partial charge in [-0.05, 0) is 72.3 Å². The average Bonchev–Trinajstić information content (AvgIpc) is 3.52. The van der Waals surface area contributed by atoms with E-state index in [2.05, 4.69) is 109 Å². The van der Waals surface area contributed by atoms with Crippen LogP contribution in [0.2, 0.25) is 0 Å². The third kappa shape index (κ3) is 3.75. The molecule has 0 atom stereocenters. The second-order valence-electron chi connectivity index (χ2n) is 10.9. The first kappa shape index (κ1) is 19.8. The molecule has 8 aromatic carbocycles. The van der Waals surface area contributed by atoms with Gasteiger partial charge in [0.2, 0.25) is 0 Å². The smallest absolute Gasteiger partial charge is 0.0629 e. The summed E-state index contributed by atoms with van der Waals surface area (Å²) in [7, 11) is 0. The standard InChI is InChI=1S/C42H26S/c1-2-13-28(14-3-1)31-24-25-37(42-41(31)36-20-10-11-21-38(36)43-42)40-34-18-8-6-16-32(34)39(33-17-7-9-19-35(33)40)30-23-22-27-12-4-5-15-29(27)26-30/h1-26H/i1D,2D,3D,13D,14D. The zero-order valence-corrected chi connectivity index (χ0v) is 23.8. The number of hydrogen-bond acceptors (Lipinski definition) is 1. The maximum absolute atomic E-state index is 8.83. The molecule has 0 fully saturated rings. The molecule has 1 heteroatoms. The molecule has 0 radical (unpaired) electrons. The van der Waals surface area contributed by atoms with Gasteiger partial charge in [0.15, 0.2) is 0 Å². The van der Waals surface area contributed by atoms with Crippen molar-refractivity contribution in [2.45, 2.75) is 0 Å². The Morgan fingerprint density at radius 1 is 0.442 bits per heavy atom. The SMILES string of the molecule is [2H]c1c([2H])c([2H])c(-c2ccc(-c3c4ccccc4c(-c4ccc5ccccc5c4)c4ccccc34)c3sc4ccccc4c23)c([2H])c1[2H]. The van der Waals surface area contributed by atoms with Gasteiger partial charge < -0.3 is 0 Å². The number of thiophene rings is 1. The van der Waals surface area contributed by atoms with Crippen LogP contribution in [0.3, 0.4) is 0 Å². The fourth-order valence-corrected chi connectivity index (χ4v) is 7.94. The van der Waals surface area contributed by atoms with Crippen LogP contribution >= 0.6 is 11.3 Å². The molecule has 0 unspecified atom stereocenters. The summed E-state index contributed by atoms with van der Waals surface area (Å²) in [6.45, 7) is 0. The van der Waals surface area contributed by atoms with Crippen molar-refractivity contribution in [1.29, 1.82) is 0 Å². The first-order chi connectivity index (χ1) is 23.4. The van der Waals surface area contributed by atoms with Gasteiger partial charge in [0.05, 0.1) is 6.85 Å². The van der Waals surface area contributed by atoms with Crippen molar-refractivity contribution in [3.05, 3.63) is 158 Å². The fraction of sp³-hybridized carbons (Fsp3) is 0. The average molecular weight is 568 g/mol. The number of rotatable bonds is 3. The highest BCUT2D eigenvalue weighted by atomic mass is 32.1. The summed E-state index contributed by atoms with van der Waals surface area (Å²) < 4.78 is 44.8. The van der Waals surface area contributed by atoms with Crippen LogP contribution < -0.4 is 0 Å². The Hall–Kier alpha value is -5.24. The number of hydrogen-bond donors (Lipinski definition) is 0. The molecule has 0 saturated heterocycles. The van der Waals surface area contributed by atoms with Crippen molar-refractivity contribution in [3.63, 3.8) is 0 Å². The maximum Gasteiger partial charge on any atom is 0.0629 e. The molecule has 0 spiro atoms. The van der Waals surface area contributed by atoms with E-state index >= 15 is 0 Å². The maximum atomic E-state index is 8.83. The van der Waals surface area contributed by atoms with E-state index in [1.54, 1.807) is 11.3 Å². The van der Waals surface area contributed by atoms with Crippen LogP contribution in [0.1, 0.15) is 6.85 Å². The van der Waals surface area contributed by atoms with E-state index in [9.17, 15) is 0 Å². The van der Waals surface area contributed by atoms with Crippen LogP contribution in [0.4, 0.5) is 0 Å². The van der Waals surface area contributed by atoms with Gasteiger partial charge in [-0.25, -0.2) is 0 Å². The Balaban J connectivity index is 1.42. The first-order valence-corrected chi connectivity index (χ1v) is 15.2. The molecular formula is C42H26S. The Kier molecular flexibility index (Phi) is 4.45. The highest BCUT2D eigenvalue weighted by Gasteiger charge is 2.21. The van der Waals surface area contributed by atoms with Crippen LogP contribution in [0.5, 0.6) is 0 Å². The summed E-state index contributed by atoms with van der Waals surface area (Å²) in [5.41, 5.74) is 5.40. The van der Waals surface area contributed by atoms with Gasteiger partial charge in [0.1, 0.15) is 0 Å². The van der Waals surface area contributed by atoms with Crippen molar-refractivity contribution in [1.82, 2.24) is 0 Å². The second kappa shape index (κ2) is 9.66. The molecule has 0 amide bonds. The van der Waals surface area contributed by atoms with Crippen LogP contribution in [0, 0.1) is 0 Å². The van der Waals surface area contributed by atoms with Crippen molar-refractivity contribution in [2.75, 3.05) is 0 Å². The van der Waals surface area contributed by atoms with E-state index in [1.165, 1.54) is 16.3 Å². The van der Waals surface area contributed by atoms with Gasteiger partial charge in [0, 0.05) is 25.7 Å². The summed E-state index contributed by atoms with van der Waals surface area (Å²) in [6.07, 6.45) is 0. The highest BCUT2D eigenvalue weighted by Crippen LogP contribution is 2.49. The van der Waals surface area contributed by atoms with Gasteiger partial charge in [-0.15, -0.1) is 11.3 Å². The molecule has 43 heavy (non-hydrogen) atoms. The van der Waals surface area contributed by atoms with E-state index in [1.807, 2.05) is 18.2 Å². The molecule has 0 aliphatic rings. The molecule has 1 aromatic heterocycles. The lowest BCUT2D eigenvalue weighted by molar-refractivity contribution is 1.66. The van der Waals surface area contributed by atoms with Gasteiger partial charge in [-0.1, -0.05) is 145 Å². The zero-order chi connectivity index (χ0) is 32.7. The van der Waals surface area contributed by atoms with Crippen molar-refractivity contribution in [2.24, 2.45) is 0 Å². The normalized spacial score (nSPS) is 13.3. The molecule has 200 valence electrons. The number of benzene rings is 8. The summed E-state index contributed by atoms with van der Waals surface area (Å²) in [4.78, 5) is 0. The molecule has 0 saturated carbocycles. The predicted molar refractivity (Wildman–Crippen MR) is 188 cm³/mol.